The number of allylic oxidation sites excluding steroid dienone is 2. The molecule has 82 valence electrons. The van der Waals surface area contributed by atoms with Crippen molar-refractivity contribution in [2.24, 2.45) is 17.6 Å². The SMILES string of the molecule is NC(=O)[C@]1(c2ccccc2)C[C@H]2C=C[C@H]1C2. The number of benzene rings is 1. The van der Waals surface area contributed by atoms with Crippen LogP contribution in [0.5, 0.6) is 0 Å². The maximum absolute atomic E-state index is 11.9. The first kappa shape index (κ1) is 9.64. The Morgan fingerprint density at radius 1 is 1.25 bits per heavy atom. The highest BCUT2D eigenvalue weighted by Crippen LogP contribution is 2.53. The molecule has 0 unspecified atom stereocenters. The van der Waals surface area contributed by atoms with Crippen molar-refractivity contribution < 1.29 is 4.79 Å². The number of hydrogen-bond donors (Lipinski definition) is 1. The van der Waals surface area contributed by atoms with Crippen molar-refractivity contribution >= 4 is 5.91 Å². The predicted molar refractivity (Wildman–Crippen MR) is 62.7 cm³/mol. The fourth-order valence-electron chi connectivity index (χ4n) is 3.35. The van der Waals surface area contributed by atoms with E-state index in [0.29, 0.717) is 11.8 Å². The van der Waals surface area contributed by atoms with Crippen LogP contribution in [0.3, 0.4) is 0 Å². The van der Waals surface area contributed by atoms with E-state index in [1.165, 1.54) is 0 Å². The normalized spacial score (nSPS) is 35.5. The third kappa shape index (κ3) is 1.10. The van der Waals surface area contributed by atoms with Gasteiger partial charge in [-0.3, -0.25) is 4.79 Å². The molecule has 2 aliphatic rings. The molecule has 3 atom stereocenters. The number of rotatable bonds is 2. The van der Waals surface area contributed by atoms with Crippen molar-refractivity contribution in [3.8, 4) is 0 Å². The second-order valence-electron chi connectivity index (χ2n) is 4.89. The van der Waals surface area contributed by atoms with Crippen LogP contribution < -0.4 is 5.73 Å². The number of amides is 1. The van der Waals surface area contributed by atoms with E-state index in [1.807, 2.05) is 30.3 Å². The van der Waals surface area contributed by atoms with Crippen LogP contribution in [-0.2, 0) is 10.2 Å². The second-order valence-corrected chi connectivity index (χ2v) is 4.89. The molecular weight excluding hydrogens is 198 g/mol. The molecule has 2 aliphatic carbocycles. The highest BCUT2D eigenvalue weighted by molar-refractivity contribution is 5.88. The summed E-state index contributed by atoms with van der Waals surface area (Å²) in [5.41, 5.74) is 6.32. The van der Waals surface area contributed by atoms with Crippen LogP contribution in [0.2, 0.25) is 0 Å². The maximum atomic E-state index is 11.9. The molecule has 1 aromatic carbocycles. The van der Waals surface area contributed by atoms with E-state index in [2.05, 4.69) is 12.2 Å². The quantitative estimate of drug-likeness (QED) is 0.750. The minimum atomic E-state index is -0.444. The van der Waals surface area contributed by atoms with Gasteiger partial charge in [0.05, 0.1) is 5.41 Å². The van der Waals surface area contributed by atoms with Gasteiger partial charge in [0.2, 0.25) is 5.91 Å². The molecule has 3 rings (SSSR count). The van der Waals surface area contributed by atoms with Gasteiger partial charge in [0, 0.05) is 0 Å². The number of fused-ring (bicyclic) bond motifs is 2. The van der Waals surface area contributed by atoms with Gasteiger partial charge in [-0.1, -0.05) is 42.5 Å². The van der Waals surface area contributed by atoms with Gasteiger partial charge in [0.15, 0.2) is 0 Å². The third-order valence-electron chi connectivity index (χ3n) is 4.12. The van der Waals surface area contributed by atoms with Crippen molar-refractivity contribution in [1.29, 1.82) is 0 Å². The maximum Gasteiger partial charge on any atom is 0.228 e. The van der Waals surface area contributed by atoms with Gasteiger partial charge in [-0.25, -0.2) is 0 Å². The molecule has 1 amide bonds. The zero-order valence-corrected chi connectivity index (χ0v) is 9.10. The van der Waals surface area contributed by atoms with E-state index in [9.17, 15) is 4.79 Å². The third-order valence-corrected chi connectivity index (χ3v) is 4.12. The van der Waals surface area contributed by atoms with Gasteiger partial charge in [-0.05, 0) is 30.2 Å². The van der Waals surface area contributed by atoms with E-state index in [4.69, 9.17) is 5.73 Å². The summed E-state index contributed by atoms with van der Waals surface area (Å²) in [6.45, 7) is 0. The molecule has 0 spiro atoms. The van der Waals surface area contributed by atoms with Gasteiger partial charge in [-0.15, -0.1) is 0 Å². The molecule has 0 saturated heterocycles. The van der Waals surface area contributed by atoms with Crippen LogP contribution in [0.1, 0.15) is 18.4 Å². The Balaban J connectivity index is 2.12. The monoisotopic (exact) mass is 213 g/mol. The molecule has 0 aliphatic heterocycles. The lowest BCUT2D eigenvalue weighted by molar-refractivity contribution is -0.124. The first-order chi connectivity index (χ1) is 7.73. The van der Waals surface area contributed by atoms with Gasteiger partial charge in [0.1, 0.15) is 0 Å². The number of nitrogens with two attached hydrogens (primary N) is 1. The Labute approximate surface area is 95.2 Å². The summed E-state index contributed by atoms with van der Waals surface area (Å²) < 4.78 is 0. The number of hydrogen-bond acceptors (Lipinski definition) is 1. The van der Waals surface area contributed by atoms with Crippen molar-refractivity contribution in [3.63, 3.8) is 0 Å². The van der Waals surface area contributed by atoms with E-state index < -0.39 is 5.41 Å². The fraction of sp³-hybridized carbons (Fsp3) is 0.357. The highest BCUT2D eigenvalue weighted by Gasteiger charge is 2.53. The first-order valence-electron chi connectivity index (χ1n) is 5.77. The summed E-state index contributed by atoms with van der Waals surface area (Å²) in [4.78, 5) is 11.9. The minimum absolute atomic E-state index is 0.171. The van der Waals surface area contributed by atoms with Crippen LogP contribution in [-0.4, -0.2) is 5.91 Å². The molecule has 1 aromatic rings. The summed E-state index contributed by atoms with van der Waals surface area (Å²) in [6.07, 6.45) is 6.37. The smallest absolute Gasteiger partial charge is 0.228 e. The Morgan fingerprint density at radius 2 is 2.00 bits per heavy atom. The molecule has 1 fully saturated rings. The van der Waals surface area contributed by atoms with E-state index >= 15 is 0 Å². The second kappa shape index (κ2) is 3.21. The lowest BCUT2D eigenvalue weighted by atomic mass is 9.70. The van der Waals surface area contributed by atoms with Crippen LogP contribution in [0.25, 0.3) is 0 Å². The Morgan fingerprint density at radius 3 is 2.50 bits per heavy atom. The molecule has 2 heteroatoms. The molecular formula is C14H15NO. The first-order valence-corrected chi connectivity index (χ1v) is 5.77. The molecule has 0 radical (unpaired) electrons. The lowest BCUT2D eigenvalue weighted by Crippen LogP contribution is -2.44. The van der Waals surface area contributed by atoms with Crippen LogP contribution in [0, 0.1) is 11.8 Å². The minimum Gasteiger partial charge on any atom is -0.369 e. The van der Waals surface area contributed by atoms with Crippen molar-refractivity contribution in [2.75, 3.05) is 0 Å². The van der Waals surface area contributed by atoms with Crippen LogP contribution in [0.15, 0.2) is 42.5 Å². The summed E-state index contributed by atoms with van der Waals surface area (Å²) in [6, 6.07) is 9.99. The molecule has 0 aromatic heterocycles. The topological polar surface area (TPSA) is 43.1 Å². The standard InChI is InChI=1S/C14H15NO/c15-13(16)14(11-4-2-1-3-5-11)9-10-6-7-12(14)8-10/h1-7,10,12H,8-9H2,(H2,15,16)/t10-,12-,14-/m0/s1. The number of carbonyl (C=O) groups is 1. The van der Waals surface area contributed by atoms with Crippen molar-refractivity contribution in [2.45, 2.75) is 18.3 Å². The fourth-order valence-corrected chi connectivity index (χ4v) is 3.35. The van der Waals surface area contributed by atoms with E-state index in [1.54, 1.807) is 0 Å². The Hall–Kier alpha value is -1.57. The molecule has 16 heavy (non-hydrogen) atoms. The molecule has 2 bridgehead atoms. The van der Waals surface area contributed by atoms with Crippen molar-refractivity contribution in [3.05, 3.63) is 48.0 Å². The Kier molecular flexibility index (Phi) is 1.93. The Bertz CT molecular complexity index is 451. The average Bonchev–Trinajstić information content (AvgIpc) is 2.90. The average molecular weight is 213 g/mol. The summed E-state index contributed by atoms with van der Waals surface area (Å²) in [5, 5.41) is 0. The largest absolute Gasteiger partial charge is 0.369 e. The zero-order chi connectivity index (χ0) is 11.2. The zero-order valence-electron chi connectivity index (χ0n) is 9.10. The van der Waals surface area contributed by atoms with Crippen molar-refractivity contribution in [1.82, 2.24) is 0 Å². The molecule has 2 nitrogen and oxygen atoms in total. The number of primary amides is 1. The summed E-state index contributed by atoms with van der Waals surface area (Å²) >= 11 is 0. The molecule has 2 N–H and O–H groups in total. The van der Waals surface area contributed by atoms with Crippen LogP contribution in [0.4, 0.5) is 0 Å². The van der Waals surface area contributed by atoms with Gasteiger partial charge < -0.3 is 5.73 Å². The van der Waals surface area contributed by atoms with Crippen LogP contribution >= 0.6 is 0 Å². The van der Waals surface area contributed by atoms with Gasteiger partial charge >= 0.3 is 0 Å². The molecule has 0 heterocycles. The summed E-state index contributed by atoms with van der Waals surface area (Å²) in [5.74, 6) is 0.672. The van der Waals surface area contributed by atoms with E-state index in [0.717, 1.165) is 18.4 Å². The highest BCUT2D eigenvalue weighted by atomic mass is 16.1. The predicted octanol–water partition coefficient (Wildman–Crippen LogP) is 2.01. The van der Waals surface area contributed by atoms with E-state index in [-0.39, 0.29) is 5.91 Å². The van der Waals surface area contributed by atoms with Gasteiger partial charge in [-0.2, -0.15) is 0 Å². The molecule has 1 saturated carbocycles. The lowest BCUT2D eigenvalue weighted by Gasteiger charge is -2.32. The summed E-state index contributed by atoms with van der Waals surface area (Å²) in [7, 11) is 0. The number of carbonyl (C=O) groups excluding carboxylic acids is 1. The van der Waals surface area contributed by atoms with Gasteiger partial charge in [0.25, 0.3) is 0 Å².